The maximum absolute atomic E-state index is 13.4. The molecular formula is C28H27ClN2O6S. The predicted molar refractivity (Wildman–Crippen MR) is 146 cm³/mol. The predicted octanol–water partition coefficient (Wildman–Crippen LogP) is 6.09. The van der Waals surface area contributed by atoms with E-state index in [1.54, 1.807) is 62.4 Å². The number of carbonyl (C=O) groups is 3. The van der Waals surface area contributed by atoms with E-state index in [4.69, 9.17) is 21.1 Å². The number of ether oxygens (including phenoxy) is 2. The van der Waals surface area contributed by atoms with Gasteiger partial charge in [0.05, 0.1) is 30.5 Å². The molecule has 0 aliphatic carbocycles. The number of halogens is 1. The lowest BCUT2D eigenvalue weighted by Crippen LogP contribution is -2.29. The van der Waals surface area contributed by atoms with E-state index >= 15 is 0 Å². The topological polar surface area (TPSA) is 106 Å². The summed E-state index contributed by atoms with van der Waals surface area (Å²) in [4.78, 5) is 45.1. The van der Waals surface area contributed by atoms with E-state index in [0.717, 1.165) is 24.2 Å². The smallest absolute Gasteiger partial charge is 0.350 e. The van der Waals surface area contributed by atoms with Crippen molar-refractivity contribution < 1.29 is 29.0 Å². The Morgan fingerprint density at radius 3 is 2.63 bits per heavy atom. The molecule has 1 atom stereocenters. The number of thiazole rings is 1. The van der Waals surface area contributed by atoms with Crippen LogP contribution in [0, 0.1) is 6.92 Å². The molecule has 38 heavy (non-hydrogen) atoms. The van der Waals surface area contributed by atoms with Crippen molar-refractivity contribution in [2.75, 3.05) is 18.1 Å². The molecule has 4 rings (SSSR count). The van der Waals surface area contributed by atoms with Crippen LogP contribution >= 0.6 is 22.9 Å². The Bertz CT molecular complexity index is 1420. The third-order valence-electron chi connectivity index (χ3n) is 5.94. The first-order chi connectivity index (χ1) is 18.3. The minimum Gasteiger partial charge on any atom is -0.507 e. The lowest BCUT2D eigenvalue weighted by Gasteiger charge is -2.23. The number of ketones is 1. The number of benzene rings is 2. The average molecular weight is 555 g/mol. The van der Waals surface area contributed by atoms with Gasteiger partial charge in [0.25, 0.3) is 5.78 Å². The molecule has 198 valence electrons. The van der Waals surface area contributed by atoms with Crippen molar-refractivity contribution >= 4 is 51.5 Å². The van der Waals surface area contributed by atoms with Crippen molar-refractivity contribution in [1.29, 1.82) is 0 Å². The summed E-state index contributed by atoms with van der Waals surface area (Å²) in [5.41, 5.74) is 1.08. The molecule has 8 nitrogen and oxygen atoms in total. The number of hydrogen-bond donors (Lipinski definition) is 1. The molecule has 1 N–H and O–H groups in total. The number of amides is 1. The number of aliphatic hydroxyl groups excluding tert-OH is 1. The number of aryl methyl sites for hydroxylation is 1. The monoisotopic (exact) mass is 554 g/mol. The first kappa shape index (κ1) is 27.3. The van der Waals surface area contributed by atoms with Crippen LogP contribution in [0.5, 0.6) is 5.75 Å². The molecule has 2 aromatic carbocycles. The normalized spacial score (nSPS) is 16.6. The van der Waals surface area contributed by atoms with Crippen LogP contribution in [-0.2, 0) is 14.3 Å². The van der Waals surface area contributed by atoms with Crippen molar-refractivity contribution in [3.05, 3.63) is 80.8 Å². The highest BCUT2D eigenvalue weighted by Gasteiger charge is 2.48. The van der Waals surface area contributed by atoms with Gasteiger partial charge in [0.2, 0.25) is 0 Å². The standard InChI is InChI=1S/C28H27ClN2O6S/c1-4-6-13-37-20-12-8-10-18(15-20)23(32)21-22(17-9-7-11-19(29)14-17)31(26(34)24(21)33)28-30-16(3)25(38-28)27(35)36-5-2/h7-12,14-15,22,32H,4-6,13H2,1-3H3. The zero-order valence-electron chi connectivity index (χ0n) is 21.2. The fraction of sp³-hybridized carbons (Fsp3) is 0.286. The molecule has 10 heteroatoms. The lowest BCUT2D eigenvalue weighted by molar-refractivity contribution is -0.132. The molecule has 0 saturated carbocycles. The molecule has 0 bridgehead atoms. The van der Waals surface area contributed by atoms with Crippen molar-refractivity contribution in [1.82, 2.24) is 4.98 Å². The van der Waals surface area contributed by atoms with Gasteiger partial charge in [0, 0.05) is 10.6 Å². The van der Waals surface area contributed by atoms with Crippen LogP contribution in [0.2, 0.25) is 5.02 Å². The molecule has 1 amide bonds. The number of hydrogen-bond acceptors (Lipinski definition) is 8. The molecule has 3 aromatic rings. The van der Waals surface area contributed by atoms with Gasteiger partial charge in [0.1, 0.15) is 16.4 Å². The lowest BCUT2D eigenvalue weighted by atomic mass is 9.95. The highest BCUT2D eigenvalue weighted by atomic mass is 35.5. The van der Waals surface area contributed by atoms with Crippen molar-refractivity contribution in [3.8, 4) is 5.75 Å². The van der Waals surface area contributed by atoms with E-state index in [9.17, 15) is 19.5 Å². The van der Waals surface area contributed by atoms with E-state index in [1.807, 2.05) is 0 Å². The molecule has 0 spiro atoms. The number of anilines is 1. The van der Waals surface area contributed by atoms with Gasteiger partial charge in [-0.3, -0.25) is 14.5 Å². The van der Waals surface area contributed by atoms with Crippen LogP contribution in [-0.4, -0.2) is 41.0 Å². The maximum atomic E-state index is 13.4. The van der Waals surface area contributed by atoms with E-state index < -0.39 is 23.7 Å². The molecule has 1 aromatic heterocycles. The van der Waals surface area contributed by atoms with Gasteiger partial charge in [0.15, 0.2) is 5.13 Å². The molecule has 2 heterocycles. The molecule has 1 saturated heterocycles. The molecular weight excluding hydrogens is 528 g/mol. The number of nitrogens with zero attached hydrogens (tertiary/aromatic N) is 2. The van der Waals surface area contributed by atoms with Crippen LogP contribution in [0.15, 0.2) is 54.1 Å². The molecule has 0 radical (unpaired) electrons. The summed E-state index contributed by atoms with van der Waals surface area (Å²) in [5.74, 6) is -2.14. The molecule has 1 unspecified atom stereocenters. The highest BCUT2D eigenvalue weighted by molar-refractivity contribution is 7.17. The summed E-state index contributed by atoms with van der Waals surface area (Å²) < 4.78 is 10.9. The van der Waals surface area contributed by atoms with Gasteiger partial charge >= 0.3 is 11.9 Å². The third kappa shape index (κ3) is 5.44. The Morgan fingerprint density at radius 1 is 1.16 bits per heavy atom. The quantitative estimate of drug-likeness (QED) is 0.112. The van der Waals surface area contributed by atoms with Gasteiger partial charge in [-0.1, -0.05) is 60.5 Å². The fourth-order valence-electron chi connectivity index (χ4n) is 4.12. The summed E-state index contributed by atoms with van der Waals surface area (Å²) in [5, 5.41) is 11.9. The minimum atomic E-state index is -1.03. The number of unbranched alkanes of at least 4 members (excludes halogenated alkanes) is 1. The summed E-state index contributed by atoms with van der Waals surface area (Å²) in [6, 6.07) is 12.4. The van der Waals surface area contributed by atoms with Crippen molar-refractivity contribution in [2.45, 2.75) is 39.7 Å². The van der Waals surface area contributed by atoms with Crippen molar-refractivity contribution in [3.63, 3.8) is 0 Å². The van der Waals surface area contributed by atoms with Crippen LogP contribution < -0.4 is 9.64 Å². The number of rotatable bonds is 9. The van der Waals surface area contributed by atoms with Crippen LogP contribution in [0.4, 0.5) is 5.13 Å². The summed E-state index contributed by atoms with van der Waals surface area (Å²) in [6.45, 7) is 6.07. The first-order valence-corrected chi connectivity index (χ1v) is 13.4. The van der Waals surface area contributed by atoms with Crippen LogP contribution in [0.3, 0.4) is 0 Å². The van der Waals surface area contributed by atoms with E-state index in [1.165, 1.54) is 4.90 Å². The minimum absolute atomic E-state index is 0.117. The van der Waals surface area contributed by atoms with Gasteiger partial charge in [-0.25, -0.2) is 9.78 Å². The first-order valence-electron chi connectivity index (χ1n) is 12.2. The molecule has 1 aliphatic rings. The average Bonchev–Trinajstić information content (AvgIpc) is 3.41. The fourth-order valence-corrected chi connectivity index (χ4v) is 5.30. The Kier molecular flexibility index (Phi) is 8.48. The Morgan fingerprint density at radius 2 is 1.92 bits per heavy atom. The second kappa shape index (κ2) is 11.8. The van der Waals surface area contributed by atoms with E-state index in [2.05, 4.69) is 11.9 Å². The Balaban J connectivity index is 1.85. The Hall–Kier alpha value is -3.69. The summed E-state index contributed by atoms with van der Waals surface area (Å²) in [7, 11) is 0. The van der Waals surface area contributed by atoms with E-state index in [-0.39, 0.29) is 27.9 Å². The maximum Gasteiger partial charge on any atom is 0.350 e. The van der Waals surface area contributed by atoms with Crippen LogP contribution in [0.1, 0.15) is 59.2 Å². The highest BCUT2D eigenvalue weighted by Crippen LogP contribution is 2.44. The molecule has 1 fully saturated rings. The zero-order chi connectivity index (χ0) is 27.4. The van der Waals surface area contributed by atoms with Gasteiger partial charge < -0.3 is 14.6 Å². The summed E-state index contributed by atoms with van der Waals surface area (Å²) >= 11 is 7.21. The second-order valence-corrected chi connectivity index (χ2v) is 10.00. The van der Waals surface area contributed by atoms with Gasteiger partial charge in [-0.05, 0) is 50.1 Å². The number of Topliss-reactive ketones (excluding diaryl/α,β-unsaturated/α-hetero) is 1. The summed E-state index contributed by atoms with van der Waals surface area (Å²) in [6.07, 6.45) is 1.84. The zero-order valence-corrected chi connectivity index (χ0v) is 22.8. The SMILES string of the molecule is CCCCOc1cccc(C(O)=C2C(=O)C(=O)N(c3nc(C)c(C(=O)OCC)s3)C2c2cccc(Cl)c2)c1. The van der Waals surface area contributed by atoms with E-state index in [0.29, 0.717) is 34.2 Å². The van der Waals surface area contributed by atoms with Gasteiger partial charge in [-0.2, -0.15) is 0 Å². The number of aromatic nitrogens is 1. The third-order valence-corrected chi connectivity index (χ3v) is 7.31. The largest absolute Gasteiger partial charge is 0.507 e. The Labute approximate surface area is 229 Å². The number of esters is 1. The molecule has 1 aliphatic heterocycles. The van der Waals surface area contributed by atoms with Crippen LogP contribution in [0.25, 0.3) is 5.76 Å². The number of aliphatic hydroxyl groups is 1. The van der Waals surface area contributed by atoms with Crippen molar-refractivity contribution in [2.24, 2.45) is 0 Å². The second-order valence-electron chi connectivity index (χ2n) is 8.59. The number of carbonyl (C=O) groups excluding carboxylic acids is 3. The van der Waals surface area contributed by atoms with Gasteiger partial charge in [-0.15, -0.1) is 0 Å².